The first-order valence-electron chi connectivity index (χ1n) is 8.46. The van der Waals surface area contributed by atoms with Crippen molar-refractivity contribution in [3.8, 4) is 0 Å². The van der Waals surface area contributed by atoms with Gasteiger partial charge in [0.1, 0.15) is 0 Å². The summed E-state index contributed by atoms with van der Waals surface area (Å²) in [5, 5.41) is 3.64. The second-order valence-corrected chi connectivity index (χ2v) is 7.65. The number of benzene rings is 1. The van der Waals surface area contributed by atoms with Crippen molar-refractivity contribution >= 4 is 21.6 Å². The quantitative estimate of drug-likeness (QED) is 0.824. The summed E-state index contributed by atoms with van der Waals surface area (Å²) >= 11 is 3.64. The average molecular weight is 351 g/mol. The lowest BCUT2D eigenvalue weighted by molar-refractivity contribution is 0.494. The molecule has 3 unspecified atom stereocenters. The van der Waals surface area contributed by atoms with Crippen LogP contribution in [-0.2, 0) is 0 Å². The van der Waals surface area contributed by atoms with E-state index in [-0.39, 0.29) is 0 Å². The fourth-order valence-corrected chi connectivity index (χ4v) is 4.44. The largest absolute Gasteiger partial charge is 0.371 e. The summed E-state index contributed by atoms with van der Waals surface area (Å²) < 4.78 is 1.19. The second-order valence-electron chi connectivity index (χ2n) is 6.73. The molecule has 1 heterocycles. The van der Waals surface area contributed by atoms with Crippen LogP contribution < -0.4 is 10.2 Å². The summed E-state index contributed by atoms with van der Waals surface area (Å²) in [5.41, 5.74) is 2.89. The molecule has 0 aromatic heterocycles. The number of hydrogen-bond acceptors (Lipinski definition) is 2. The van der Waals surface area contributed by atoms with E-state index in [0.29, 0.717) is 6.04 Å². The fraction of sp³-hybridized carbons (Fsp3) is 0.667. The normalized spacial score (nSPS) is 26.1. The zero-order chi connectivity index (χ0) is 14.8. The van der Waals surface area contributed by atoms with Gasteiger partial charge >= 0.3 is 0 Å². The monoisotopic (exact) mass is 350 g/mol. The van der Waals surface area contributed by atoms with Crippen LogP contribution in [0.3, 0.4) is 0 Å². The zero-order valence-electron chi connectivity index (χ0n) is 13.2. The third-order valence-corrected chi connectivity index (χ3v) is 5.72. The SMILES string of the molecule is CCCNC(C)c1cc(Br)ccc1N1CC2CCCC2C1. The van der Waals surface area contributed by atoms with E-state index in [1.807, 2.05) is 0 Å². The lowest BCUT2D eigenvalue weighted by Crippen LogP contribution is -2.26. The van der Waals surface area contributed by atoms with Gasteiger partial charge < -0.3 is 10.2 Å². The molecule has 21 heavy (non-hydrogen) atoms. The highest BCUT2D eigenvalue weighted by molar-refractivity contribution is 9.10. The van der Waals surface area contributed by atoms with E-state index >= 15 is 0 Å². The average Bonchev–Trinajstić information content (AvgIpc) is 3.05. The van der Waals surface area contributed by atoms with Crippen LogP contribution in [-0.4, -0.2) is 19.6 Å². The van der Waals surface area contributed by atoms with E-state index in [0.717, 1.165) is 18.4 Å². The zero-order valence-corrected chi connectivity index (χ0v) is 14.8. The van der Waals surface area contributed by atoms with E-state index in [2.05, 4.69) is 58.2 Å². The van der Waals surface area contributed by atoms with E-state index in [9.17, 15) is 0 Å². The molecule has 1 aromatic carbocycles. The van der Waals surface area contributed by atoms with Gasteiger partial charge in [0, 0.05) is 29.3 Å². The Morgan fingerprint density at radius 3 is 2.67 bits per heavy atom. The summed E-state index contributed by atoms with van der Waals surface area (Å²) in [4.78, 5) is 2.64. The summed E-state index contributed by atoms with van der Waals surface area (Å²) in [7, 11) is 0. The lowest BCUT2D eigenvalue weighted by Gasteiger charge is -2.26. The van der Waals surface area contributed by atoms with Gasteiger partial charge in [-0.05, 0) is 68.3 Å². The van der Waals surface area contributed by atoms with Crippen molar-refractivity contribution in [3.05, 3.63) is 28.2 Å². The van der Waals surface area contributed by atoms with Crippen LogP contribution in [0.4, 0.5) is 5.69 Å². The first-order chi connectivity index (χ1) is 10.2. The molecule has 3 rings (SSSR count). The van der Waals surface area contributed by atoms with Crippen LogP contribution in [0.1, 0.15) is 51.1 Å². The number of hydrogen-bond donors (Lipinski definition) is 1. The Labute approximate surface area is 137 Å². The van der Waals surface area contributed by atoms with Gasteiger partial charge in [-0.1, -0.05) is 29.3 Å². The van der Waals surface area contributed by atoms with Crippen molar-refractivity contribution in [1.29, 1.82) is 0 Å². The van der Waals surface area contributed by atoms with Gasteiger partial charge in [0.15, 0.2) is 0 Å². The Balaban J connectivity index is 1.81. The predicted molar refractivity (Wildman–Crippen MR) is 93.9 cm³/mol. The summed E-state index contributed by atoms with van der Waals surface area (Å²) in [5.74, 6) is 1.89. The molecule has 0 radical (unpaired) electrons. The Kier molecular flexibility index (Phi) is 4.90. The van der Waals surface area contributed by atoms with Crippen LogP contribution in [0.15, 0.2) is 22.7 Å². The molecule has 2 nitrogen and oxygen atoms in total. The van der Waals surface area contributed by atoms with Gasteiger partial charge in [-0.3, -0.25) is 0 Å². The maximum absolute atomic E-state index is 3.64. The number of anilines is 1. The first kappa shape index (κ1) is 15.4. The number of nitrogens with one attached hydrogen (secondary N) is 1. The van der Waals surface area contributed by atoms with Crippen molar-refractivity contribution < 1.29 is 0 Å². The molecule has 0 spiro atoms. The van der Waals surface area contributed by atoms with Crippen LogP contribution >= 0.6 is 15.9 Å². The molecule has 3 heteroatoms. The highest BCUT2D eigenvalue weighted by Gasteiger charge is 2.36. The van der Waals surface area contributed by atoms with E-state index < -0.39 is 0 Å². The molecule has 0 bridgehead atoms. The molecule has 1 aromatic rings. The summed E-state index contributed by atoms with van der Waals surface area (Å²) in [6.45, 7) is 8.12. The molecule has 2 fully saturated rings. The smallest absolute Gasteiger partial charge is 0.0415 e. The second kappa shape index (κ2) is 6.70. The van der Waals surface area contributed by atoms with E-state index in [4.69, 9.17) is 0 Å². The molecule has 1 N–H and O–H groups in total. The number of fused-ring (bicyclic) bond motifs is 1. The van der Waals surface area contributed by atoms with E-state index in [1.54, 1.807) is 0 Å². The molecule has 0 amide bonds. The fourth-order valence-electron chi connectivity index (χ4n) is 4.06. The molecule has 1 saturated carbocycles. The Bertz CT molecular complexity index is 476. The van der Waals surface area contributed by atoms with Crippen LogP contribution in [0.25, 0.3) is 0 Å². The van der Waals surface area contributed by atoms with Crippen molar-refractivity contribution in [3.63, 3.8) is 0 Å². The van der Waals surface area contributed by atoms with Gasteiger partial charge in [-0.2, -0.15) is 0 Å². The van der Waals surface area contributed by atoms with Crippen molar-refractivity contribution in [2.24, 2.45) is 11.8 Å². The molecule has 1 saturated heterocycles. The minimum atomic E-state index is 0.415. The molecule has 3 atom stereocenters. The third kappa shape index (κ3) is 3.29. The van der Waals surface area contributed by atoms with Crippen LogP contribution in [0, 0.1) is 11.8 Å². The highest BCUT2D eigenvalue weighted by Crippen LogP contribution is 2.41. The number of rotatable bonds is 5. The molecule has 116 valence electrons. The van der Waals surface area contributed by atoms with Gasteiger partial charge in [-0.25, -0.2) is 0 Å². The Morgan fingerprint density at radius 1 is 1.29 bits per heavy atom. The third-order valence-electron chi connectivity index (χ3n) is 5.22. The maximum atomic E-state index is 3.64. The lowest BCUT2D eigenvalue weighted by atomic mass is 10.0. The molecule has 1 aliphatic heterocycles. The van der Waals surface area contributed by atoms with Crippen molar-refractivity contribution in [2.45, 2.75) is 45.6 Å². The minimum Gasteiger partial charge on any atom is -0.371 e. The standard InChI is InChI=1S/C18H27BrN2/c1-3-9-20-13(2)17-10-16(19)7-8-18(17)21-11-14-5-4-6-15(14)12-21/h7-8,10,13-15,20H,3-6,9,11-12H2,1-2H3. The highest BCUT2D eigenvalue weighted by atomic mass is 79.9. The topological polar surface area (TPSA) is 15.3 Å². The van der Waals surface area contributed by atoms with Gasteiger partial charge in [-0.15, -0.1) is 0 Å². The first-order valence-corrected chi connectivity index (χ1v) is 9.26. The van der Waals surface area contributed by atoms with Crippen LogP contribution in [0.2, 0.25) is 0 Å². The van der Waals surface area contributed by atoms with Crippen molar-refractivity contribution in [2.75, 3.05) is 24.5 Å². The van der Waals surface area contributed by atoms with Crippen molar-refractivity contribution in [1.82, 2.24) is 5.32 Å². The Morgan fingerprint density at radius 2 is 2.00 bits per heavy atom. The maximum Gasteiger partial charge on any atom is 0.0415 e. The van der Waals surface area contributed by atoms with Crippen LogP contribution in [0.5, 0.6) is 0 Å². The van der Waals surface area contributed by atoms with Gasteiger partial charge in [0.25, 0.3) is 0 Å². The molecular formula is C18H27BrN2. The minimum absolute atomic E-state index is 0.415. The molecule has 2 aliphatic rings. The summed E-state index contributed by atoms with van der Waals surface area (Å²) in [6.07, 6.45) is 5.51. The molecule has 1 aliphatic carbocycles. The molecular weight excluding hydrogens is 324 g/mol. The van der Waals surface area contributed by atoms with Gasteiger partial charge in [0.2, 0.25) is 0 Å². The predicted octanol–water partition coefficient (Wildman–Crippen LogP) is 4.75. The van der Waals surface area contributed by atoms with Gasteiger partial charge in [0.05, 0.1) is 0 Å². The Hall–Kier alpha value is -0.540. The summed E-state index contributed by atoms with van der Waals surface area (Å²) in [6, 6.07) is 7.22. The van der Waals surface area contributed by atoms with E-state index in [1.165, 1.54) is 54.5 Å². The number of nitrogens with zero attached hydrogens (tertiary/aromatic N) is 1. The number of halogens is 1.